The highest BCUT2D eigenvalue weighted by atomic mass is 32.2. The van der Waals surface area contributed by atoms with E-state index in [2.05, 4.69) is 5.32 Å². The molecule has 2 aromatic carbocycles. The molecule has 26 heavy (non-hydrogen) atoms. The van der Waals surface area contributed by atoms with E-state index in [4.69, 9.17) is 0 Å². The zero-order valence-corrected chi connectivity index (χ0v) is 16.5. The minimum absolute atomic E-state index is 0.230. The molecule has 0 aliphatic carbocycles. The zero-order valence-electron chi connectivity index (χ0n) is 15.7. The highest BCUT2D eigenvalue weighted by Crippen LogP contribution is 2.24. The molecule has 0 spiro atoms. The van der Waals surface area contributed by atoms with Gasteiger partial charge in [0.15, 0.2) is 0 Å². The first kappa shape index (κ1) is 20.1. The van der Waals surface area contributed by atoms with Gasteiger partial charge in [0.2, 0.25) is 15.9 Å². The van der Waals surface area contributed by atoms with Crippen molar-refractivity contribution in [2.45, 2.75) is 33.2 Å². The van der Waals surface area contributed by atoms with E-state index in [-0.39, 0.29) is 12.5 Å². The van der Waals surface area contributed by atoms with Gasteiger partial charge in [-0.3, -0.25) is 4.79 Å². The van der Waals surface area contributed by atoms with Crippen molar-refractivity contribution >= 4 is 21.6 Å². The Labute approximate surface area is 156 Å². The number of para-hydroxylation sites is 1. The molecule has 0 saturated heterocycles. The van der Waals surface area contributed by atoms with Gasteiger partial charge in [-0.25, -0.2) is 8.42 Å². The molecule has 1 amide bonds. The molecule has 6 heteroatoms. The number of benzene rings is 2. The third-order valence-corrected chi connectivity index (χ3v) is 5.74. The Morgan fingerprint density at radius 2 is 1.77 bits per heavy atom. The van der Waals surface area contributed by atoms with Gasteiger partial charge in [-0.2, -0.15) is 4.31 Å². The summed E-state index contributed by atoms with van der Waals surface area (Å²) in [4.78, 5) is 12.6. The monoisotopic (exact) mass is 374 g/mol. The molecule has 140 valence electrons. The normalized spacial score (nSPS) is 12.8. The summed E-state index contributed by atoms with van der Waals surface area (Å²) in [5, 5.41) is 2.89. The molecule has 1 unspecified atom stereocenters. The second-order valence-corrected chi connectivity index (χ2v) is 8.34. The summed E-state index contributed by atoms with van der Waals surface area (Å²) in [7, 11) is -3.55. The topological polar surface area (TPSA) is 66.5 Å². The van der Waals surface area contributed by atoms with Gasteiger partial charge in [-0.15, -0.1) is 0 Å². The number of carbonyl (C=O) groups excluding carboxylic acids is 1. The lowest BCUT2D eigenvalue weighted by Crippen LogP contribution is -2.39. The summed E-state index contributed by atoms with van der Waals surface area (Å²) < 4.78 is 25.8. The van der Waals surface area contributed by atoms with Crippen LogP contribution >= 0.6 is 0 Å². The number of aryl methyl sites for hydroxylation is 2. The van der Waals surface area contributed by atoms with Crippen molar-refractivity contribution in [3.05, 3.63) is 65.2 Å². The molecule has 0 radical (unpaired) electrons. The maximum absolute atomic E-state index is 12.6. The van der Waals surface area contributed by atoms with Gasteiger partial charge >= 0.3 is 0 Å². The number of anilines is 1. The Kier molecular flexibility index (Phi) is 6.56. The standard InChI is InChI=1S/C20H26N2O3S/c1-5-17-13-9-10-15(2)20(17)21-19(23)14-22(26(4,24)25)16(3)18-11-7-6-8-12-18/h6-13,16H,5,14H2,1-4H3,(H,21,23). The van der Waals surface area contributed by atoms with Crippen LogP contribution in [0.2, 0.25) is 0 Å². The molecule has 2 aromatic rings. The summed E-state index contributed by atoms with van der Waals surface area (Å²) in [6.45, 7) is 5.50. The minimum atomic E-state index is -3.55. The van der Waals surface area contributed by atoms with Crippen molar-refractivity contribution in [3.8, 4) is 0 Å². The van der Waals surface area contributed by atoms with Crippen LogP contribution in [-0.4, -0.2) is 31.4 Å². The van der Waals surface area contributed by atoms with Gasteiger partial charge in [0.25, 0.3) is 0 Å². The van der Waals surface area contributed by atoms with E-state index in [1.165, 1.54) is 4.31 Å². The summed E-state index contributed by atoms with van der Waals surface area (Å²) >= 11 is 0. The molecule has 0 aromatic heterocycles. The van der Waals surface area contributed by atoms with Crippen LogP contribution in [0.5, 0.6) is 0 Å². The fourth-order valence-corrected chi connectivity index (χ4v) is 4.01. The van der Waals surface area contributed by atoms with E-state index in [0.717, 1.165) is 35.1 Å². The average Bonchev–Trinajstić information content (AvgIpc) is 2.60. The summed E-state index contributed by atoms with van der Waals surface area (Å²) in [6.07, 6.45) is 1.92. The van der Waals surface area contributed by atoms with Gasteiger partial charge in [-0.1, -0.05) is 55.5 Å². The summed E-state index contributed by atoms with van der Waals surface area (Å²) in [5.74, 6) is -0.345. The zero-order chi connectivity index (χ0) is 19.3. The number of nitrogens with one attached hydrogen (secondary N) is 1. The summed E-state index contributed by atoms with van der Waals surface area (Å²) in [5.41, 5.74) is 3.59. The Hall–Kier alpha value is -2.18. The first-order chi connectivity index (χ1) is 12.2. The van der Waals surface area contributed by atoms with Crippen molar-refractivity contribution in [1.29, 1.82) is 0 Å². The molecule has 0 fully saturated rings. The van der Waals surface area contributed by atoms with E-state index in [1.54, 1.807) is 6.92 Å². The van der Waals surface area contributed by atoms with Crippen LogP contribution in [0.3, 0.4) is 0 Å². The third-order valence-electron chi connectivity index (χ3n) is 4.44. The number of carbonyl (C=O) groups is 1. The minimum Gasteiger partial charge on any atom is -0.324 e. The largest absolute Gasteiger partial charge is 0.324 e. The third kappa shape index (κ3) is 4.93. The molecular formula is C20H26N2O3S. The van der Waals surface area contributed by atoms with Crippen LogP contribution in [0.25, 0.3) is 0 Å². The first-order valence-electron chi connectivity index (χ1n) is 8.64. The molecule has 5 nitrogen and oxygen atoms in total. The average molecular weight is 375 g/mol. The van der Waals surface area contributed by atoms with E-state index < -0.39 is 16.1 Å². The smallest absolute Gasteiger partial charge is 0.239 e. The van der Waals surface area contributed by atoms with Crippen LogP contribution in [0, 0.1) is 6.92 Å². The quantitative estimate of drug-likeness (QED) is 0.806. The van der Waals surface area contributed by atoms with Crippen LogP contribution in [0.15, 0.2) is 48.5 Å². The number of rotatable bonds is 7. The number of nitrogens with zero attached hydrogens (tertiary/aromatic N) is 1. The van der Waals surface area contributed by atoms with E-state index >= 15 is 0 Å². The van der Waals surface area contributed by atoms with Crippen molar-refractivity contribution in [2.24, 2.45) is 0 Å². The number of amides is 1. The molecule has 0 heterocycles. The Balaban J connectivity index is 2.23. The lowest BCUT2D eigenvalue weighted by molar-refractivity contribution is -0.116. The molecule has 0 bridgehead atoms. The van der Waals surface area contributed by atoms with Crippen molar-refractivity contribution in [1.82, 2.24) is 4.31 Å². The fraction of sp³-hybridized carbons (Fsp3) is 0.350. The highest BCUT2D eigenvalue weighted by Gasteiger charge is 2.27. The van der Waals surface area contributed by atoms with Gasteiger partial charge in [0, 0.05) is 11.7 Å². The molecule has 0 saturated carbocycles. The summed E-state index contributed by atoms with van der Waals surface area (Å²) in [6, 6.07) is 14.7. The Bertz CT molecular complexity index is 864. The molecule has 2 rings (SSSR count). The highest BCUT2D eigenvalue weighted by molar-refractivity contribution is 7.88. The second-order valence-electron chi connectivity index (χ2n) is 6.41. The van der Waals surface area contributed by atoms with Gasteiger partial charge in [0.1, 0.15) is 0 Å². The van der Waals surface area contributed by atoms with Crippen molar-refractivity contribution in [2.75, 3.05) is 18.1 Å². The SMILES string of the molecule is CCc1cccc(C)c1NC(=O)CN(C(C)c1ccccc1)S(C)(=O)=O. The molecule has 0 aliphatic rings. The lowest BCUT2D eigenvalue weighted by atomic mass is 10.1. The number of hydrogen-bond acceptors (Lipinski definition) is 3. The van der Waals surface area contributed by atoms with Crippen molar-refractivity contribution < 1.29 is 13.2 Å². The molecule has 1 N–H and O–H groups in total. The Morgan fingerprint density at radius 1 is 1.12 bits per heavy atom. The van der Waals surface area contributed by atoms with Crippen LogP contribution in [-0.2, 0) is 21.2 Å². The van der Waals surface area contributed by atoms with Gasteiger partial charge < -0.3 is 5.32 Å². The second kappa shape index (κ2) is 8.47. The first-order valence-corrected chi connectivity index (χ1v) is 10.5. The lowest BCUT2D eigenvalue weighted by Gasteiger charge is -2.27. The number of hydrogen-bond donors (Lipinski definition) is 1. The predicted octanol–water partition coefficient (Wildman–Crippen LogP) is 3.52. The maximum atomic E-state index is 12.6. The predicted molar refractivity (Wildman–Crippen MR) is 106 cm³/mol. The van der Waals surface area contributed by atoms with E-state index in [9.17, 15) is 13.2 Å². The molecular weight excluding hydrogens is 348 g/mol. The maximum Gasteiger partial charge on any atom is 0.239 e. The van der Waals surface area contributed by atoms with E-state index in [0.29, 0.717) is 0 Å². The van der Waals surface area contributed by atoms with Crippen LogP contribution < -0.4 is 5.32 Å². The number of sulfonamides is 1. The Morgan fingerprint density at radius 3 is 2.35 bits per heavy atom. The van der Waals surface area contributed by atoms with Crippen molar-refractivity contribution in [3.63, 3.8) is 0 Å². The van der Waals surface area contributed by atoms with Crippen LogP contribution in [0.4, 0.5) is 5.69 Å². The van der Waals surface area contributed by atoms with Gasteiger partial charge in [0.05, 0.1) is 12.8 Å². The van der Waals surface area contributed by atoms with E-state index in [1.807, 2.05) is 62.4 Å². The van der Waals surface area contributed by atoms with Crippen LogP contribution in [0.1, 0.15) is 36.6 Å². The fourth-order valence-electron chi connectivity index (χ4n) is 2.96. The van der Waals surface area contributed by atoms with Gasteiger partial charge in [-0.05, 0) is 37.0 Å². The molecule has 0 aliphatic heterocycles. The molecule has 1 atom stereocenters.